The number of hydrogen-bond donors (Lipinski definition) is 3. The van der Waals surface area contributed by atoms with Crippen molar-refractivity contribution in [2.45, 2.75) is 45.4 Å². The first-order valence-electron chi connectivity index (χ1n) is 8.77. The lowest BCUT2D eigenvalue weighted by molar-refractivity contribution is 0.0448. The van der Waals surface area contributed by atoms with Gasteiger partial charge in [-0.3, -0.25) is 5.32 Å². The number of amides is 2. The molecule has 2 rings (SSSR count). The molecule has 0 saturated carbocycles. The van der Waals surface area contributed by atoms with Gasteiger partial charge in [-0.25, -0.2) is 19.0 Å². The molecule has 2 aromatic rings. The van der Waals surface area contributed by atoms with Gasteiger partial charge in [-0.2, -0.15) is 5.26 Å². The van der Waals surface area contributed by atoms with Crippen LogP contribution in [0.4, 0.5) is 19.7 Å². The summed E-state index contributed by atoms with van der Waals surface area (Å²) in [5.41, 5.74) is -2.11. The number of imidazole rings is 1. The summed E-state index contributed by atoms with van der Waals surface area (Å²) in [6, 6.07) is 5.55. The Morgan fingerprint density at radius 1 is 1.37 bits per heavy atom. The van der Waals surface area contributed by atoms with Gasteiger partial charge in [0.1, 0.15) is 22.1 Å². The van der Waals surface area contributed by atoms with E-state index in [0.717, 1.165) is 6.07 Å². The van der Waals surface area contributed by atoms with E-state index in [9.17, 15) is 19.2 Å². The summed E-state index contributed by atoms with van der Waals surface area (Å²) in [5, 5.41) is 23.1. The second kappa shape index (κ2) is 8.71. The minimum absolute atomic E-state index is 0.00618. The zero-order chi connectivity index (χ0) is 22.7. The van der Waals surface area contributed by atoms with Crippen LogP contribution in [-0.2, 0) is 16.8 Å². The summed E-state index contributed by atoms with van der Waals surface area (Å²) >= 11 is 3.19. The summed E-state index contributed by atoms with van der Waals surface area (Å²) < 4.78 is 22.0. The predicted octanol–water partition coefficient (Wildman–Crippen LogP) is 4.19. The molecule has 3 N–H and O–H groups in total. The largest absolute Gasteiger partial charge is 0.465 e. The van der Waals surface area contributed by atoms with Crippen LogP contribution < -0.4 is 10.6 Å². The number of ether oxygens (including phenoxy) is 1. The average molecular weight is 482 g/mol. The number of carbonyl (C=O) groups is 2. The van der Waals surface area contributed by atoms with E-state index in [4.69, 9.17) is 9.84 Å². The Kier molecular flexibility index (Phi) is 6.72. The van der Waals surface area contributed by atoms with E-state index in [1.807, 2.05) is 6.07 Å². The molecule has 2 amide bonds. The fourth-order valence-electron chi connectivity index (χ4n) is 2.80. The third-order valence-electron chi connectivity index (χ3n) is 3.92. The number of nitriles is 1. The lowest BCUT2D eigenvalue weighted by atomic mass is 9.90. The van der Waals surface area contributed by atoms with Gasteiger partial charge in [0.2, 0.25) is 5.82 Å². The summed E-state index contributed by atoms with van der Waals surface area (Å²) in [7, 11) is 0. The van der Waals surface area contributed by atoms with E-state index in [1.54, 1.807) is 20.8 Å². The highest BCUT2D eigenvalue weighted by atomic mass is 79.9. The molecule has 1 heterocycles. The first-order valence-corrected chi connectivity index (χ1v) is 9.56. The molecule has 0 spiro atoms. The van der Waals surface area contributed by atoms with Crippen molar-refractivity contribution in [3.8, 4) is 6.07 Å². The number of anilines is 1. The number of benzene rings is 1. The number of halogens is 2. The Morgan fingerprint density at radius 3 is 2.60 bits per heavy atom. The Balaban J connectivity index is 2.54. The molecule has 1 aromatic heterocycles. The number of carbonyl (C=O) groups excluding carboxylic acids is 1. The van der Waals surface area contributed by atoms with E-state index >= 15 is 0 Å². The Bertz CT molecular complexity index is 1010. The summed E-state index contributed by atoms with van der Waals surface area (Å²) in [5.74, 6) is -0.638. The maximum Gasteiger partial charge on any atom is 0.409 e. The smallest absolute Gasteiger partial charge is 0.409 e. The fraction of sp³-hybridized carbons (Fsp3) is 0.368. The van der Waals surface area contributed by atoms with Gasteiger partial charge in [-0.15, -0.1) is 0 Å². The summed E-state index contributed by atoms with van der Waals surface area (Å²) in [6.45, 7) is 6.50. The second-order valence-corrected chi connectivity index (χ2v) is 8.52. The van der Waals surface area contributed by atoms with Gasteiger partial charge in [-0.05, 0) is 61.8 Å². The molecule has 1 atom stereocenters. The third kappa shape index (κ3) is 5.93. The molecular formula is C19H21BrFN5O4. The number of carboxylic acid groups (broad SMARTS) is 1. The third-order valence-corrected chi connectivity index (χ3v) is 4.30. The fourth-order valence-corrected chi connectivity index (χ4v) is 3.22. The van der Waals surface area contributed by atoms with Gasteiger partial charge in [-0.1, -0.05) is 0 Å². The highest BCUT2D eigenvalue weighted by molar-refractivity contribution is 9.10. The minimum Gasteiger partial charge on any atom is -0.465 e. The molecule has 0 aliphatic heterocycles. The van der Waals surface area contributed by atoms with Crippen LogP contribution in [0, 0.1) is 17.1 Å². The van der Waals surface area contributed by atoms with E-state index in [1.165, 1.54) is 29.8 Å². The van der Waals surface area contributed by atoms with E-state index in [0.29, 0.717) is 4.60 Å². The quantitative estimate of drug-likeness (QED) is 0.586. The zero-order valence-corrected chi connectivity index (χ0v) is 18.4. The van der Waals surface area contributed by atoms with Crippen molar-refractivity contribution in [2.24, 2.45) is 0 Å². The first-order chi connectivity index (χ1) is 13.8. The summed E-state index contributed by atoms with van der Waals surface area (Å²) in [4.78, 5) is 27.5. The van der Waals surface area contributed by atoms with Crippen LogP contribution in [0.3, 0.4) is 0 Å². The molecule has 11 heteroatoms. The topological polar surface area (TPSA) is 129 Å². The van der Waals surface area contributed by atoms with Gasteiger partial charge >= 0.3 is 12.2 Å². The molecule has 160 valence electrons. The van der Waals surface area contributed by atoms with E-state index in [-0.39, 0.29) is 23.6 Å². The number of nitrogens with one attached hydrogen (secondary N) is 2. The number of aromatic nitrogens is 2. The molecular weight excluding hydrogens is 461 g/mol. The van der Waals surface area contributed by atoms with Gasteiger partial charge < -0.3 is 19.7 Å². The maximum absolute atomic E-state index is 14.8. The monoisotopic (exact) mass is 481 g/mol. The standard InChI is InChI=1S/C19H21BrFN5O4/c1-18(2,3)30-17(29)25-19(4,10-26-9-14(20)24-15(26)8-22)12-7-11(23-16(27)28)5-6-13(12)21/h5-7,9,23H,10H2,1-4H3,(H,25,29)(H,27,28). The number of hydrogen-bond acceptors (Lipinski definition) is 5. The van der Waals surface area contributed by atoms with Crippen molar-refractivity contribution < 1.29 is 23.8 Å². The number of alkyl carbamates (subject to hydrolysis) is 1. The molecule has 0 aliphatic rings. The Labute approximate surface area is 181 Å². The van der Waals surface area contributed by atoms with E-state index in [2.05, 4.69) is 31.5 Å². The SMILES string of the molecule is CC(C)(C)OC(=O)NC(C)(Cn1cc(Br)nc1C#N)c1cc(NC(=O)O)ccc1F. The van der Waals surface area contributed by atoms with Crippen molar-refractivity contribution >= 4 is 33.8 Å². The Hall–Kier alpha value is -3.13. The zero-order valence-electron chi connectivity index (χ0n) is 16.8. The van der Waals surface area contributed by atoms with Gasteiger partial charge in [0.05, 0.1) is 12.1 Å². The number of rotatable bonds is 5. The molecule has 1 aromatic carbocycles. The van der Waals surface area contributed by atoms with Crippen LogP contribution in [0.15, 0.2) is 29.0 Å². The summed E-state index contributed by atoms with van der Waals surface area (Å²) in [6.07, 6.45) is -0.608. The van der Waals surface area contributed by atoms with Crippen LogP contribution >= 0.6 is 15.9 Å². The van der Waals surface area contributed by atoms with Crippen LogP contribution in [-0.4, -0.2) is 32.4 Å². The predicted molar refractivity (Wildman–Crippen MR) is 109 cm³/mol. The molecule has 1 unspecified atom stereocenters. The molecule has 0 radical (unpaired) electrons. The van der Waals surface area contributed by atoms with Crippen molar-refractivity contribution in [3.63, 3.8) is 0 Å². The van der Waals surface area contributed by atoms with Crippen LogP contribution in [0.1, 0.15) is 39.1 Å². The van der Waals surface area contributed by atoms with Gasteiger partial charge in [0, 0.05) is 17.4 Å². The maximum atomic E-state index is 14.8. The molecule has 0 bridgehead atoms. The normalized spacial score (nSPS) is 13.1. The van der Waals surface area contributed by atoms with Crippen LogP contribution in [0.25, 0.3) is 0 Å². The molecule has 0 fully saturated rings. The number of nitrogens with zero attached hydrogens (tertiary/aromatic N) is 3. The molecule has 0 saturated heterocycles. The molecule has 0 aliphatic carbocycles. The highest BCUT2D eigenvalue weighted by Crippen LogP contribution is 2.30. The van der Waals surface area contributed by atoms with Gasteiger partial charge in [0.15, 0.2) is 0 Å². The van der Waals surface area contributed by atoms with Gasteiger partial charge in [0.25, 0.3) is 0 Å². The average Bonchev–Trinajstić information content (AvgIpc) is 2.93. The van der Waals surface area contributed by atoms with E-state index < -0.39 is 29.1 Å². The lowest BCUT2D eigenvalue weighted by Gasteiger charge is -2.33. The van der Waals surface area contributed by atoms with Crippen molar-refractivity contribution in [1.29, 1.82) is 5.26 Å². The Morgan fingerprint density at radius 2 is 2.03 bits per heavy atom. The van der Waals surface area contributed by atoms with Crippen molar-refractivity contribution in [1.82, 2.24) is 14.9 Å². The lowest BCUT2D eigenvalue weighted by Crippen LogP contribution is -2.49. The molecule has 30 heavy (non-hydrogen) atoms. The highest BCUT2D eigenvalue weighted by Gasteiger charge is 2.35. The van der Waals surface area contributed by atoms with Crippen molar-refractivity contribution in [3.05, 3.63) is 46.2 Å². The molecule has 9 nitrogen and oxygen atoms in total. The van der Waals surface area contributed by atoms with Crippen LogP contribution in [0.5, 0.6) is 0 Å². The second-order valence-electron chi connectivity index (χ2n) is 7.71. The first kappa shape index (κ1) is 23.2. The van der Waals surface area contributed by atoms with Crippen LogP contribution in [0.2, 0.25) is 0 Å². The van der Waals surface area contributed by atoms with Crippen molar-refractivity contribution in [2.75, 3.05) is 5.32 Å². The minimum atomic E-state index is -1.42.